The zero-order valence-electron chi connectivity index (χ0n) is 11.7. The highest BCUT2D eigenvalue weighted by Crippen LogP contribution is 2.24. The number of ether oxygens (including phenoxy) is 2. The molecule has 2 aromatic carbocycles. The minimum Gasteiger partial charge on any atom is -0.493 e. The lowest BCUT2D eigenvalue weighted by Gasteiger charge is -2.09. The lowest BCUT2D eigenvalue weighted by Crippen LogP contribution is -2.05. The molecule has 2 N–H and O–H groups in total. The quantitative estimate of drug-likeness (QED) is 0.616. The molecular formula is C16H17Cl2NO2. The minimum absolute atomic E-state index is 0.516. The van der Waals surface area contributed by atoms with E-state index in [0.717, 1.165) is 22.8 Å². The molecule has 0 aromatic heterocycles. The van der Waals surface area contributed by atoms with Crippen molar-refractivity contribution in [3.05, 3.63) is 52.0 Å². The Labute approximate surface area is 134 Å². The molecule has 0 unspecified atom stereocenters. The number of hydrogen-bond acceptors (Lipinski definition) is 3. The molecule has 3 nitrogen and oxygen atoms in total. The van der Waals surface area contributed by atoms with E-state index in [1.807, 2.05) is 25.1 Å². The zero-order valence-corrected chi connectivity index (χ0v) is 13.2. The maximum absolute atomic E-state index is 5.96. The highest BCUT2D eigenvalue weighted by Gasteiger charge is 2.01. The van der Waals surface area contributed by atoms with Crippen LogP contribution >= 0.6 is 23.2 Å². The second kappa shape index (κ2) is 7.43. The van der Waals surface area contributed by atoms with Crippen LogP contribution in [0.2, 0.25) is 10.0 Å². The summed E-state index contributed by atoms with van der Waals surface area (Å²) in [6.07, 6.45) is 0.768. The molecule has 112 valence electrons. The first-order chi connectivity index (χ1) is 10.1. The van der Waals surface area contributed by atoms with Crippen LogP contribution < -0.4 is 15.2 Å². The van der Waals surface area contributed by atoms with Gasteiger partial charge < -0.3 is 15.2 Å². The summed E-state index contributed by atoms with van der Waals surface area (Å²) in [6, 6.07) is 10.8. The van der Waals surface area contributed by atoms with Crippen molar-refractivity contribution in [3.8, 4) is 11.5 Å². The van der Waals surface area contributed by atoms with Gasteiger partial charge in [-0.25, -0.2) is 0 Å². The van der Waals surface area contributed by atoms with Crippen molar-refractivity contribution in [1.29, 1.82) is 0 Å². The van der Waals surface area contributed by atoms with Crippen LogP contribution in [0.5, 0.6) is 11.5 Å². The summed E-state index contributed by atoms with van der Waals surface area (Å²) in [7, 11) is 0. The van der Waals surface area contributed by atoms with Gasteiger partial charge in [0.1, 0.15) is 11.5 Å². The Morgan fingerprint density at radius 1 is 0.905 bits per heavy atom. The molecule has 0 radical (unpaired) electrons. The van der Waals surface area contributed by atoms with E-state index in [-0.39, 0.29) is 0 Å². The molecule has 5 heteroatoms. The van der Waals surface area contributed by atoms with Crippen LogP contribution in [0.1, 0.15) is 12.0 Å². The number of benzene rings is 2. The Kier molecular flexibility index (Phi) is 5.59. The SMILES string of the molecule is Cc1cc(OCCCOc2ccc(Cl)c(N)c2)ccc1Cl. The van der Waals surface area contributed by atoms with Gasteiger partial charge >= 0.3 is 0 Å². The summed E-state index contributed by atoms with van der Waals surface area (Å²) in [4.78, 5) is 0. The molecule has 0 heterocycles. The Bertz CT molecular complexity index is 564. The van der Waals surface area contributed by atoms with Crippen molar-refractivity contribution in [1.82, 2.24) is 0 Å². The molecule has 0 fully saturated rings. The van der Waals surface area contributed by atoms with Gasteiger partial charge in [-0.2, -0.15) is 0 Å². The van der Waals surface area contributed by atoms with Gasteiger partial charge in [0.15, 0.2) is 0 Å². The van der Waals surface area contributed by atoms with Crippen molar-refractivity contribution in [2.24, 2.45) is 0 Å². The summed E-state index contributed by atoms with van der Waals surface area (Å²) in [6.45, 7) is 3.07. The summed E-state index contributed by atoms with van der Waals surface area (Å²) >= 11 is 11.8. The van der Waals surface area contributed by atoms with E-state index >= 15 is 0 Å². The monoisotopic (exact) mass is 325 g/mol. The van der Waals surface area contributed by atoms with Crippen molar-refractivity contribution in [2.45, 2.75) is 13.3 Å². The van der Waals surface area contributed by atoms with E-state index in [1.54, 1.807) is 18.2 Å². The van der Waals surface area contributed by atoms with E-state index in [0.29, 0.717) is 29.7 Å². The normalized spacial score (nSPS) is 10.4. The first-order valence-electron chi connectivity index (χ1n) is 6.63. The van der Waals surface area contributed by atoms with E-state index in [4.69, 9.17) is 38.4 Å². The third-order valence-electron chi connectivity index (χ3n) is 2.92. The van der Waals surface area contributed by atoms with Crippen molar-refractivity contribution >= 4 is 28.9 Å². The Balaban J connectivity index is 1.72. The molecule has 0 bridgehead atoms. The fourth-order valence-electron chi connectivity index (χ4n) is 1.76. The second-order valence-electron chi connectivity index (χ2n) is 4.64. The second-order valence-corrected chi connectivity index (χ2v) is 5.46. The summed E-state index contributed by atoms with van der Waals surface area (Å²) in [5, 5.41) is 1.27. The van der Waals surface area contributed by atoms with Crippen LogP contribution in [0.4, 0.5) is 5.69 Å². The van der Waals surface area contributed by atoms with Gasteiger partial charge in [0, 0.05) is 17.5 Å². The minimum atomic E-state index is 0.516. The Morgan fingerprint density at radius 3 is 2.05 bits per heavy atom. The van der Waals surface area contributed by atoms with E-state index < -0.39 is 0 Å². The third kappa shape index (κ3) is 4.73. The Morgan fingerprint density at radius 2 is 1.48 bits per heavy atom. The number of rotatable bonds is 6. The fourth-order valence-corrected chi connectivity index (χ4v) is 1.99. The number of nitrogens with two attached hydrogens (primary N) is 1. The highest BCUT2D eigenvalue weighted by atomic mass is 35.5. The largest absolute Gasteiger partial charge is 0.493 e. The molecule has 0 saturated heterocycles. The number of anilines is 1. The van der Waals surface area contributed by atoms with Crippen molar-refractivity contribution in [2.75, 3.05) is 18.9 Å². The summed E-state index contributed by atoms with van der Waals surface area (Å²) in [5.74, 6) is 1.52. The molecule has 2 rings (SSSR count). The standard InChI is InChI=1S/C16H17Cl2NO2/c1-11-9-12(3-5-14(11)17)20-7-2-8-21-13-4-6-15(18)16(19)10-13/h3-6,9-10H,2,7-8,19H2,1H3. The molecule has 0 saturated carbocycles. The summed E-state index contributed by atoms with van der Waals surface area (Å²) < 4.78 is 11.2. The topological polar surface area (TPSA) is 44.5 Å². The van der Waals surface area contributed by atoms with Gasteiger partial charge in [0.25, 0.3) is 0 Å². The molecule has 0 aliphatic carbocycles. The average molecular weight is 326 g/mol. The van der Waals surface area contributed by atoms with E-state index in [9.17, 15) is 0 Å². The van der Waals surface area contributed by atoms with Crippen LogP contribution in [0.25, 0.3) is 0 Å². The van der Waals surface area contributed by atoms with Gasteiger partial charge in [-0.3, -0.25) is 0 Å². The highest BCUT2D eigenvalue weighted by molar-refractivity contribution is 6.33. The average Bonchev–Trinajstić information content (AvgIpc) is 2.46. The van der Waals surface area contributed by atoms with Crippen molar-refractivity contribution < 1.29 is 9.47 Å². The van der Waals surface area contributed by atoms with Crippen LogP contribution in [-0.4, -0.2) is 13.2 Å². The predicted octanol–water partition coefficient (Wildman–Crippen LogP) is 4.73. The first-order valence-corrected chi connectivity index (χ1v) is 7.38. The predicted molar refractivity (Wildman–Crippen MR) is 87.7 cm³/mol. The molecule has 0 atom stereocenters. The van der Waals surface area contributed by atoms with Gasteiger partial charge in [0.05, 0.1) is 23.9 Å². The van der Waals surface area contributed by atoms with Gasteiger partial charge in [-0.05, 0) is 42.8 Å². The van der Waals surface area contributed by atoms with Gasteiger partial charge in [-0.15, -0.1) is 0 Å². The summed E-state index contributed by atoms with van der Waals surface area (Å²) in [5.41, 5.74) is 7.22. The number of aryl methyl sites for hydroxylation is 1. The molecule has 0 spiro atoms. The maximum Gasteiger partial charge on any atom is 0.121 e. The third-order valence-corrected chi connectivity index (χ3v) is 3.69. The van der Waals surface area contributed by atoms with Crippen LogP contribution in [-0.2, 0) is 0 Å². The molecule has 2 aromatic rings. The lowest BCUT2D eigenvalue weighted by molar-refractivity contribution is 0.247. The van der Waals surface area contributed by atoms with Crippen LogP contribution in [0.15, 0.2) is 36.4 Å². The van der Waals surface area contributed by atoms with Gasteiger partial charge in [-0.1, -0.05) is 23.2 Å². The zero-order chi connectivity index (χ0) is 15.2. The molecule has 0 amide bonds. The van der Waals surface area contributed by atoms with Crippen LogP contribution in [0, 0.1) is 6.92 Å². The first kappa shape index (κ1) is 15.8. The molecule has 0 aliphatic heterocycles. The number of halogens is 2. The smallest absolute Gasteiger partial charge is 0.121 e. The van der Waals surface area contributed by atoms with E-state index in [1.165, 1.54) is 0 Å². The van der Waals surface area contributed by atoms with E-state index in [2.05, 4.69) is 0 Å². The van der Waals surface area contributed by atoms with Crippen LogP contribution in [0.3, 0.4) is 0 Å². The number of nitrogen functional groups attached to an aromatic ring is 1. The molecule has 0 aliphatic rings. The number of hydrogen-bond donors (Lipinski definition) is 1. The van der Waals surface area contributed by atoms with Gasteiger partial charge in [0.2, 0.25) is 0 Å². The lowest BCUT2D eigenvalue weighted by atomic mass is 10.2. The fraction of sp³-hybridized carbons (Fsp3) is 0.250. The van der Waals surface area contributed by atoms with Crippen molar-refractivity contribution in [3.63, 3.8) is 0 Å². The maximum atomic E-state index is 5.96. The molecule has 21 heavy (non-hydrogen) atoms. The Hall–Kier alpha value is -1.58. The molecular weight excluding hydrogens is 309 g/mol.